The van der Waals surface area contributed by atoms with E-state index in [1.54, 1.807) is 20.8 Å². The number of nitrogens with one attached hydrogen (secondary N) is 1. The molecule has 6 heteroatoms. The Bertz CT molecular complexity index is 304. The minimum absolute atomic E-state index is 0.428. The second-order valence-electron chi connectivity index (χ2n) is 6.49. The van der Waals surface area contributed by atoms with Gasteiger partial charge in [0.15, 0.2) is 0 Å². The van der Waals surface area contributed by atoms with Crippen molar-refractivity contribution in [2.24, 2.45) is 0 Å². The van der Waals surface area contributed by atoms with E-state index >= 15 is 0 Å². The number of rotatable bonds is 4. The molecule has 0 aromatic rings. The van der Waals surface area contributed by atoms with Crippen molar-refractivity contribution in [3.05, 3.63) is 0 Å². The molecule has 0 fully saturated rings. The molecule has 1 atom stereocenters. The van der Waals surface area contributed by atoms with Crippen molar-refractivity contribution in [3.8, 4) is 0 Å². The summed E-state index contributed by atoms with van der Waals surface area (Å²) in [5, 5.41) is 2.58. The van der Waals surface area contributed by atoms with Crippen LogP contribution in [-0.2, 0) is 14.3 Å². The van der Waals surface area contributed by atoms with Crippen LogP contribution in [0, 0.1) is 0 Å². The predicted molar refractivity (Wildman–Crippen MR) is 73.3 cm³/mol. The Morgan fingerprint density at radius 1 is 1.22 bits per heavy atom. The smallest absolute Gasteiger partial charge is 0.408 e. The van der Waals surface area contributed by atoms with Gasteiger partial charge in [0.05, 0.1) is 7.11 Å². The zero-order chi connectivity index (χ0) is 14.6. The Morgan fingerprint density at radius 3 is 2.06 bits per heavy atom. The first-order valence-corrected chi connectivity index (χ1v) is 9.73. The van der Waals surface area contributed by atoms with E-state index in [9.17, 15) is 9.59 Å². The molecular formula is C12H25NO4Si. The summed E-state index contributed by atoms with van der Waals surface area (Å²) in [5.41, 5.74) is -0.579. The number of hydrogen-bond acceptors (Lipinski definition) is 4. The van der Waals surface area contributed by atoms with Crippen LogP contribution in [-0.4, -0.2) is 38.9 Å². The SMILES string of the molecule is COC(=O)[C@H](C[Si](C)(C)C)NC(=O)OC(C)(C)C. The monoisotopic (exact) mass is 275 g/mol. The molecule has 1 amide bonds. The predicted octanol–water partition coefficient (Wildman–Crippen LogP) is 2.39. The molecule has 0 aliphatic rings. The number of amides is 1. The first-order chi connectivity index (χ1) is 7.94. The Hall–Kier alpha value is -1.04. The fourth-order valence-corrected chi connectivity index (χ4v) is 2.89. The van der Waals surface area contributed by atoms with Crippen molar-refractivity contribution in [1.29, 1.82) is 0 Å². The summed E-state index contributed by atoms with van der Waals surface area (Å²) in [5.74, 6) is -0.428. The number of methoxy groups -OCH3 is 1. The second-order valence-corrected chi connectivity index (χ2v) is 12.0. The lowest BCUT2D eigenvalue weighted by Gasteiger charge is -2.25. The zero-order valence-corrected chi connectivity index (χ0v) is 13.4. The second kappa shape index (κ2) is 6.22. The maximum absolute atomic E-state index is 11.6. The van der Waals surface area contributed by atoms with Crippen LogP contribution in [0.25, 0.3) is 0 Å². The molecule has 0 spiro atoms. The first kappa shape index (κ1) is 17.0. The topological polar surface area (TPSA) is 64.6 Å². The first-order valence-electron chi connectivity index (χ1n) is 6.02. The van der Waals surface area contributed by atoms with Crippen molar-refractivity contribution in [2.45, 2.75) is 58.1 Å². The van der Waals surface area contributed by atoms with Crippen LogP contribution < -0.4 is 5.32 Å². The summed E-state index contributed by atoms with van der Waals surface area (Å²) in [7, 11) is -0.180. The molecule has 0 aromatic heterocycles. The van der Waals surface area contributed by atoms with Gasteiger partial charge in [-0.1, -0.05) is 19.6 Å². The lowest BCUT2D eigenvalue weighted by Crippen LogP contribution is -2.47. The quantitative estimate of drug-likeness (QED) is 0.632. The van der Waals surface area contributed by atoms with Crippen LogP contribution in [0.15, 0.2) is 0 Å². The average Bonchev–Trinajstić information content (AvgIpc) is 2.10. The summed E-state index contributed by atoms with van der Waals surface area (Å²) < 4.78 is 9.84. The highest BCUT2D eigenvalue weighted by Crippen LogP contribution is 2.14. The van der Waals surface area contributed by atoms with Gasteiger partial charge in [-0.2, -0.15) is 0 Å². The standard InChI is InChI=1S/C12H25NO4Si/c1-12(2,3)17-11(15)13-9(10(14)16-4)8-18(5,6)7/h9H,8H2,1-7H3,(H,13,15)/t9-/m0/s1. The van der Waals surface area contributed by atoms with Gasteiger partial charge < -0.3 is 14.8 Å². The molecule has 0 unspecified atom stereocenters. The van der Waals surface area contributed by atoms with Gasteiger partial charge in [0, 0.05) is 8.07 Å². The van der Waals surface area contributed by atoms with Gasteiger partial charge in [-0.25, -0.2) is 9.59 Å². The molecule has 0 aliphatic heterocycles. The van der Waals surface area contributed by atoms with Gasteiger partial charge in [-0.05, 0) is 26.8 Å². The summed E-state index contributed by atoms with van der Waals surface area (Å²) in [6.07, 6.45) is -0.587. The minimum Gasteiger partial charge on any atom is -0.467 e. The number of hydrogen-bond donors (Lipinski definition) is 1. The van der Waals surface area contributed by atoms with E-state index in [1.807, 2.05) is 0 Å². The maximum atomic E-state index is 11.6. The molecule has 0 radical (unpaired) electrons. The van der Waals surface area contributed by atoms with E-state index in [0.29, 0.717) is 6.04 Å². The highest BCUT2D eigenvalue weighted by atomic mass is 28.3. The van der Waals surface area contributed by atoms with Gasteiger partial charge in [0.25, 0.3) is 0 Å². The van der Waals surface area contributed by atoms with Crippen LogP contribution in [0.5, 0.6) is 0 Å². The number of carbonyl (C=O) groups is 2. The summed E-state index contributed by atoms with van der Waals surface area (Å²) in [6.45, 7) is 11.7. The Morgan fingerprint density at radius 2 is 1.72 bits per heavy atom. The molecule has 0 aromatic carbocycles. The Labute approximate surface area is 110 Å². The van der Waals surface area contributed by atoms with E-state index < -0.39 is 31.8 Å². The van der Waals surface area contributed by atoms with Gasteiger partial charge in [-0.15, -0.1) is 0 Å². The Balaban J connectivity index is 4.61. The highest BCUT2D eigenvalue weighted by Gasteiger charge is 2.29. The van der Waals surface area contributed by atoms with Crippen molar-refractivity contribution < 1.29 is 19.1 Å². The number of alkyl carbamates (subject to hydrolysis) is 1. The van der Waals surface area contributed by atoms with E-state index in [2.05, 4.69) is 25.0 Å². The normalized spacial score (nSPS) is 13.7. The molecule has 0 aliphatic carbocycles. The third kappa shape index (κ3) is 8.11. The fourth-order valence-electron chi connectivity index (χ4n) is 1.40. The number of carbonyl (C=O) groups excluding carboxylic acids is 2. The molecule has 18 heavy (non-hydrogen) atoms. The van der Waals surface area contributed by atoms with E-state index in [4.69, 9.17) is 9.47 Å². The molecular weight excluding hydrogens is 250 g/mol. The van der Waals surface area contributed by atoms with Crippen LogP contribution >= 0.6 is 0 Å². The van der Waals surface area contributed by atoms with Gasteiger partial charge >= 0.3 is 12.1 Å². The van der Waals surface area contributed by atoms with Crippen LogP contribution in [0.2, 0.25) is 25.7 Å². The largest absolute Gasteiger partial charge is 0.467 e. The van der Waals surface area contributed by atoms with Gasteiger partial charge in [0.2, 0.25) is 0 Å². The third-order valence-electron chi connectivity index (χ3n) is 1.99. The average molecular weight is 275 g/mol. The summed E-state index contributed by atoms with van der Waals surface area (Å²) >= 11 is 0. The zero-order valence-electron chi connectivity index (χ0n) is 12.4. The highest BCUT2D eigenvalue weighted by molar-refractivity contribution is 6.76. The fraction of sp³-hybridized carbons (Fsp3) is 0.833. The lowest BCUT2D eigenvalue weighted by molar-refractivity contribution is -0.142. The summed E-state index contributed by atoms with van der Waals surface area (Å²) in [4.78, 5) is 23.3. The maximum Gasteiger partial charge on any atom is 0.408 e. The molecule has 106 valence electrons. The Kier molecular flexibility index (Phi) is 5.86. The molecule has 0 bridgehead atoms. The van der Waals surface area contributed by atoms with E-state index in [1.165, 1.54) is 7.11 Å². The molecule has 0 saturated carbocycles. The lowest BCUT2D eigenvalue weighted by atomic mass is 10.2. The molecule has 5 nitrogen and oxygen atoms in total. The number of esters is 1. The van der Waals surface area contributed by atoms with E-state index in [-0.39, 0.29) is 0 Å². The van der Waals surface area contributed by atoms with Gasteiger partial charge in [0.1, 0.15) is 11.6 Å². The molecule has 0 saturated heterocycles. The number of ether oxygens (including phenoxy) is 2. The van der Waals surface area contributed by atoms with Gasteiger partial charge in [-0.3, -0.25) is 0 Å². The van der Waals surface area contributed by atoms with Crippen LogP contribution in [0.3, 0.4) is 0 Å². The van der Waals surface area contributed by atoms with Crippen molar-refractivity contribution in [2.75, 3.05) is 7.11 Å². The molecule has 0 rings (SSSR count). The minimum atomic E-state index is -1.50. The van der Waals surface area contributed by atoms with Crippen LogP contribution in [0.4, 0.5) is 4.79 Å². The van der Waals surface area contributed by atoms with E-state index in [0.717, 1.165) is 0 Å². The molecule has 1 N–H and O–H groups in total. The van der Waals surface area contributed by atoms with Crippen molar-refractivity contribution >= 4 is 20.1 Å². The summed E-state index contributed by atoms with van der Waals surface area (Å²) in [6, 6.07) is -0.00430. The van der Waals surface area contributed by atoms with Crippen molar-refractivity contribution in [1.82, 2.24) is 5.32 Å². The third-order valence-corrected chi connectivity index (χ3v) is 3.63. The molecule has 0 heterocycles. The van der Waals surface area contributed by atoms with Crippen LogP contribution in [0.1, 0.15) is 20.8 Å². The van der Waals surface area contributed by atoms with Crippen molar-refractivity contribution in [3.63, 3.8) is 0 Å².